The van der Waals surface area contributed by atoms with Crippen LogP contribution in [0.3, 0.4) is 0 Å². The van der Waals surface area contributed by atoms with Crippen LogP contribution in [0.1, 0.15) is 52.6 Å². The lowest BCUT2D eigenvalue weighted by atomic mass is 9.94. The number of furan rings is 1. The molecule has 0 unspecified atom stereocenters. The largest absolute Gasteiger partial charge is 0.457 e. The fourth-order valence-electron chi connectivity index (χ4n) is 4.85. The van der Waals surface area contributed by atoms with Crippen LogP contribution in [0.4, 0.5) is 13.2 Å². The van der Waals surface area contributed by atoms with Gasteiger partial charge >= 0.3 is 6.18 Å². The predicted molar refractivity (Wildman–Crippen MR) is 134 cm³/mol. The van der Waals surface area contributed by atoms with E-state index in [1.54, 1.807) is 0 Å². The van der Waals surface area contributed by atoms with Crippen molar-refractivity contribution in [3.63, 3.8) is 0 Å². The van der Waals surface area contributed by atoms with Gasteiger partial charge < -0.3 is 8.84 Å². The first kappa shape index (κ1) is 26.3. The summed E-state index contributed by atoms with van der Waals surface area (Å²) in [6, 6.07) is 23.5. The van der Waals surface area contributed by atoms with Gasteiger partial charge in [0.15, 0.2) is 0 Å². The second-order valence-electron chi connectivity index (χ2n) is 10.4. The van der Waals surface area contributed by atoms with Gasteiger partial charge in [0.1, 0.15) is 5.76 Å². The van der Waals surface area contributed by atoms with E-state index in [2.05, 4.69) is 83.1 Å². The van der Waals surface area contributed by atoms with Gasteiger partial charge in [0.2, 0.25) is 5.76 Å². The first-order chi connectivity index (χ1) is 15.9. The Morgan fingerprint density at radius 1 is 0.794 bits per heavy atom. The molecule has 3 aromatic rings. The van der Waals surface area contributed by atoms with Crippen LogP contribution in [0.5, 0.6) is 0 Å². The second kappa shape index (κ2) is 10.5. The maximum atomic E-state index is 12.8. The van der Waals surface area contributed by atoms with E-state index in [-0.39, 0.29) is 16.9 Å². The molecule has 0 bridgehead atoms. The summed E-state index contributed by atoms with van der Waals surface area (Å²) in [4.78, 5) is 0. The van der Waals surface area contributed by atoms with E-state index in [1.165, 1.54) is 16.4 Å². The third-order valence-electron chi connectivity index (χ3n) is 6.30. The summed E-state index contributed by atoms with van der Waals surface area (Å²) >= 11 is 0. The summed E-state index contributed by atoms with van der Waals surface area (Å²) in [5, 5.41) is 2.39. The Balaban J connectivity index is 1.76. The van der Waals surface area contributed by atoms with Gasteiger partial charge in [-0.3, -0.25) is 0 Å². The number of alkyl halides is 3. The molecule has 0 aliphatic rings. The lowest BCUT2D eigenvalue weighted by Gasteiger charge is -2.43. The fourth-order valence-corrected chi connectivity index (χ4v) is 9.54. The number of rotatable bonds is 9. The summed E-state index contributed by atoms with van der Waals surface area (Å²) in [5.74, 6) is -0.142. The van der Waals surface area contributed by atoms with Crippen molar-refractivity contribution in [3.05, 3.63) is 84.3 Å². The number of benzene rings is 2. The van der Waals surface area contributed by atoms with E-state index < -0.39 is 20.3 Å². The van der Waals surface area contributed by atoms with Gasteiger partial charge in [0.05, 0.1) is 0 Å². The van der Waals surface area contributed by atoms with Crippen molar-refractivity contribution >= 4 is 18.7 Å². The fraction of sp³-hybridized carbons (Fsp3) is 0.429. The molecular weight excluding hydrogens is 453 g/mol. The lowest BCUT2D eigenvalue weighted by molar-refractivity contribution is -0.153. The summed E-state index contributed by atoms with van der Waals surface area (Å²) in [6.07, 6.45) is -3.14. The van der Waals surface area contributed by atoms with Gasteiger partial charge in [0, 0.05) is 13.0 Å². The molecule has 184 valence electrons. The van der Waals surface area contributed by atoms with Crippen LogP contribution < -0.4 is 10.4 Å². The van der Waals surface area contributed by atoms with E-state index in [0.717, 1.165) is 12.5 Å². The van der Waals surface area contributed by atoms with Gasteiger partial charge in [0.25, 0.3) is 8.32 Å². The molecule has 3 rings (SSSR count). The zero-order valence-electron chi connectivity index (χ0n) is 20.7. The van der Waals surface area contributed by atoms with Crippen LogP contribution >= 0.6 is 0 Å². The molecule has 0 amide bonds. The molecule has 2 aromatic carbocycles. The van der Waals surface area contributed by atoms with Crippen LogP contribution in [0, 0.1) is 11.8 Å². The monoisotopic (exact) mass is 488 g/mol. The number of halogens is 3. The van der Waals surface area contributed by atoms with E-state index in [0.29, 0.717) is 18.8 Å². The summed E-state index contributed by atoms with van der Waals surface area (Å²) < 4.78 is 50.5. The average Bonchev–Trinajstić information content (AvgIpc) is 3.23. The Kier molecular flexibility index (Phi) is 8.14. The van der Waals surface area contributed by atoms with Gasteiger partial charge in [-0.05, 0) is 45.8 Å². The third-order valence-corrected chi connectivity index (χ3v) is 11.3. The molecule has 2 atom stereocenters. The Hall–Kier alpha value is -2.31. The molecule has 0 saturated carbocycles. The summed E-state index contributed by atoms with van der Waals surface area (Å²) in [5.41, 5.74) is 0. The molecule has 6 heteroatoms. The molecule has 0 fully saturated rings. The van der Waals surface area contributed by atoms with Gasteiger partial charge in [-0.25, -0.2) is 0 Å². The second-order valence-corrected chi connectivity index (χ2v) is 14.7. The number of hydrogen-bond donors (Lipinski definition) is 0. The van der Waals surface area contributed by atoms with Gasteiger partial charge in [-0.15, -0.1) is 0 Å². The van der Waals surface area contributed by atoms with Crippen LogP contribution in [0.25, 0.3) is 0 Å². The van der Waals surface area contributed by atoms with Crippen molar-refractivity contribution in [2.24, 2.45) is 11.8 Å². The Labute approximate surface area is 202 Å². The highest BCUT2D eigenvalue weighted by Gasteiger charge is 2.50. The highest BCUT2D eigenvalue weighted by atomic mass is 28.4. The minimum atomic E-state index is -4.45. The minimum Gasteiger partial charge on any atom is -0.457 e. The maximum Gasteiger partial charge on any atom is 0.449 e. The maximum absolute atomic E-state index is 12.8. The normalized spacial score (nSPS) is 14.7. The molecule has 0 N–H and O–H groups in total. The van der Waals surface area contributed by atoms with E-state index in [4.69, 9.17) is 8.84 Å². The van der Waals surface area contributed by atoms with Crippen molar-refractivity contribution in [1.29, 1.82) is 0 Å². The van der Waals surface area contributed by atoms with Crippen molar-refractivity contribution in [2.45, 2.75) is 58.7 Å². The summed E-state index contributed by atoms with van der Waals surface area (Å²) in [7, 11) is -2.60. The molecule has 0 aliphatic heterocycles. The van der Waals surface area contributed by atoms with Crippen LogP contribution in [0.15, 0.2) is 77.2 Å². The molecule has 0 aliphatic carbocycles. The SMILES string of the molecule is C[C@H](CO[Si](c1ccccc1)(c1ccccc1)C(C)(C)C)C[C@H](C)Cc1ccc(C(F)(F)F)o1. The minimum absolute atomic E-state index is 0.0940. The van der Waals surface area contributed by atoms with E-state index in [9.17, 15) is 13.2 Å². The molecular formula is C28H35F3O2Si. The highest BCUT2D eigenvalue weighted by Crippen LogP contribution is 2.37. The first-order valence-corrected chi connectivity index (χ1v) is 13.7. The van der Waals surface area contributed by atoms with E-state index >= 15 is 0 Å². The zero-order chi connectivity index (χ0) is 25.0. The Morgan fingerprint density at radius 2 is 1.32 bits per heavy atom. The standard InChI is InChI=1S/C28H35F3O2Si/c1-21(19-23-16-17-26(33-23)28(29,30)31)18-22(2)20-32-34(27(3,4)5,24-12-8-6-9-13-24)25-14-10-7-11-15-25/h6-17,21-22H,18-20H2,1-5H3/t21-,22-/m0/s1. The molecule has 1 heterocycles. The Morgan fingerprint density at radius 3 is 1.76 bits per heavy atom. The lowest BCUT2D eigenvalue weighted by Crippen LogP contribution is -2.66. The summed E-state index contributed by atoms with van der Waals surface area (Å²) in [6.45, 7) is 11.5. The Bertz CT molecular complexity index is 984. The highest BCUT2D eigenvalue weighted by molar-refractivity contribution is 6.99. The smallest absolute Gasteiger partial charge is 0.449 e. The topological polar surface area (TPSA) is 22.4 Å². The van der Waals surface area contributed by atoms with Crippen molar-refractivity contribution in [2.75, 3.05) is 6.61 Å². The molecule has 1 aromatic heterocycles. The predicted octanol–water partition coefficient (Wildman–Crippen LogP) is 7.08. The average molecular weight is 489 g/mol. The van der Waals surface area contributed by atoms with Gasteiger partial charge in [-0.2, -0.15) is 13.2 Å². The zero-order valence-corrected chi connectivity index (χ0v) is 21.7. The third kappa shape index (κ3) is 6.02. The van der Waals surface area contributed by atoms with Crippen molar-refractivity contribution in [3.8, 4) is 0 Å². The van der Waals surface area contributed by atoms with Crippen LogP contribution in [-0.4, -0.2) is 14.9 Å². The van der Waals surface area contributed by atoms with Crippen molar-refractivity contribution in [1.82, 2.24) is 0 Å². The molecule has 0 saturated heterocycles. The number of hydrogen-bond acceptors (Lipinski definition) is 2. The van der Waals surface area contributed by atoms with Crippen LogP contribution in [-0.2, 0) is 17.0 Å². The van der Waals surface area contributed by atoms with E-state index in [1.807, 2.05) is 12.1 Å². The molecule has 34 heavy (non-hydrogen) atoms. The van der Waals surface area contributed by atoms with Crippen LogP contribution in [0.2, 0.25) is 5.04 Å². The first-order valence-electron chi connectivity index (χ1n) is 11.8. The quantitative estimate of drug-likeness (QED) is 0.300. The van der Waals surface area contributed by atoms with Gasteiger partial charge in [-0.1, -0.05) is 95.3 Å². The molecule has 0 spiro atoms. The molecule has 0 radical (unpaired) electrons. The molecule has 2 nitrogen and oxygen atoms in total. The van der Waals surface area contributed by atoms with Crippen molar-refractivity contribution < 1.29 is 22.0 Å².